The second-order valence-electron chi connectivity index (χ2n) is 33.6. The molecule has 4 radical (unpaired) electrons. The molecule has 0 unspecified atom stereocenters. The number of hydrogen-bond donors (Lipinski definition) is 0. The van der Waals surface area contributed by atoms with Gasteiger partial charge in [-0.05, 0) is 118 Å². The van der Waals surface area contributed by atoms with Gasteiger partial charge in [-0.15, -0.1) is 249 Å². The van der Waals surface area contributed by atoms with E-state index in [1.54, 1.807) is 18.6 Å². The van der Waals surface area contributed by atoms with Crippen LogP contribution in [0, 0.1) is 42.5 Å². The topological polar surface area (TPSA) is 90.2 Å². The van der Waals surface area contributed by atoms with E-state index in [1.165, 1.54) is 66.4 Å². The summed E-state index contributed by atoms with van der Waals surface area (Å²) < 4.78 is 0. The molecule has 0 bridgehead atoms. The van der Waals surface area contributed by atoms with Gasteiger partial charge >= 0.3 is 0 Å². The summed E-state index contributed by atoms with van der Waals surface area (Å²) in [6, 6.07) is 147. The van der Waals surface area contributed by atoms with Crippen molar-refractivity contribution in [2.45, 2.75) is 98.2 Å². The molecule has 650 valence electrons. The van der Waals surface area contributed by atoms with Crippen molar-refractivity contribution in [3.63, 3.8) is 0 Å². The van der Waals surface area contributed by atoms with Crippen molar-refractivity contribution in [1.29, 1.82) is 0 Å². The molecule has 128 heavy (non-hydrogen) atoms. The third-order valence-electron chi connectivity index (χ3n) is 20.2. The van der Waals surface area contributed by atoms with E-state index in [0.29, 0.717) is 0 Å². The molecular weight excluding hydrogens is 2290 g/mol. The number of hydrogen-bond acceptors (Lipinski definition) is 7. The van der Waals surface area contributed by atoms with E-state index in [2.05, 4.69) is 353 Å². The van der Waals surface area contributed by atoms with Gasteiger partial charge in [0.25, 0.3) is 0 Å². The van der Waals surface area contributed by atoms with E-state index in [9.17, 15) is 0 Å². The van der Waals surface area contributed by atoms with Crippen LogP contribution >= 0.6 is 0 Å². The molecule has 0 atom stereocenters. The van der Waals surface area contributed by atoms with Crippen LogP contribution in [-0.2, 0) is 96.7 Å². The van der Waals surface area contributed by atoms with E-state index < -0.39 is 8.07 Å². The van der Waals surface area contributed by atoms with Crippen molar-refractivity contribution in [2.75, 3.05) is 0 Å². The Morgan fingerprint density at radius 1 is 0.195 bits per heavy atom. The van der Waals surface area contributed by atoms with Crippen LogP contribution in [0.4, 0.5) is 0 Å². The van der Waals surface area contributed by atoms with Gasteiger partial charge in [0.1, 0.15) is 0 Å². The van der Waals surface area contributed by atoms with Crippen molar-refractivity contribution < 1.29 is 80.4 Å². The third kappa shape index (κ3) is 31.4. The largest absolute Gasteiger partial charge is 0.305 e. The van der Waals surface area contributed by atoms with Crippen molar-refractivity contribution in [1.82, 2.24) is 34.9 Å². The molecule has 0 saturated heterocycles. The van der Waals surface area contributed by atoms with Gasteiger partial charge < -0.3 is 34.9 Å². The van der Waals surface area contributed by atoms with E-state index in [-0.39, 0.29) is 96.7 Å². The Kier molecular flexibility index (Phi) is 40.3. The molecule has 0 N–H and O–H groups in total. The average molecular weight is 2390 g/mol. The monoisotopic (exact) mass is 2390 g/mol. The average Bonchev–Trinajstić information content (AvgIpc) is 0.829. The van der Waals surface area contributed by atoms with Gasteiger partial charge in [-0.3, -0.25) is 0 Å². The molecule has 0 aliphatic rings. The van der Waals surface area contributed by atoms with Gasteiger partial charge in [0.2, 0.25) is 0 Å². The number of aromatic nitrogens is 7. The van der Waals surface area contributed by atoms with Gasteiger partial charge in [-0.25, -0.2) is 0 Å². The first-order chi connectivity index (χ1) is 60.1. The summed E-state index contributed by atoms with van der Waals surface area (Å²) in [6.07, 6.45) is 13.3. The molecule has 18 aromatic rings. The Hall–Kier alpha value is -11.7. The minimum absolute atomic E-state index is 0. The number of rotatable bonds is 12. The molecule has 11 aromatic carbocycles. The summed E-state index contributed by atoms with van der Waals surface area (Å²) in [5.41, 5.74) is 27.8. The van der Waals surface area contributed by atoms with Gasteiger partial charge in [0.05, 0.1) is 8.07 Å². The Bertz CT molecular complexity index is 5340. The predicted molar refractivity (Wildman–Crippen MR) is 520 cm³/mol. The summed E-state index contributed by atoms with van der Waals surface area (Å²) in [6.45, 7) is 26.8. The summed E-state index contributed by atoms with van der Waals surface area (Å²) >= 11 is 0. The van der Waals surface area contributed by atoms with Crippen LogP contribution in [0.2, 0.25) is 19.6 Å². The van der Waals surface area contributed by atoms with Gasteiger partial charge in [0, 0.05) is 124 Å². The summed E-state index contributed by atoms with van der Waals surface area (Å²) in [5, 5.41) is 1.38. The fourth-order valence-corrected chi connectivity index (χ4v) is 13.9. The fourth-order valence-electron chi connectivity index (χ4n) is 12.9. The normalized spacial score (nSPS) is 10.6. The Balaban J connectivity index is 0.000000186. The van der Waals surface area contributed by atoms with Crippen LogP contribution in [0.3, 0.4) is 0 Å². The van der Waals surface area contributed by atoms with Crippen molar-refractivity contribution >= 4 is 13.3 Å². The van der Waals surface area contributed by atoms with E-state index in [1.807, 2.05) is 201 Å². The second-order valence-corrected chi connectivity index (χ2v) is 38.7. The first-order valence-electron chi connectivity index (χ1n) is 41.9. The van der Waals surface area contributed by atoms with Gasteiger partial charge in [-0.2, -0.15) is 0 Å². The molecule has 7 heterocycles. The number of benzene rings is 11. The number of nitrogens with zero attached hydrogens (tertiary/aromatic N) is 7. The molecule has 0 fully saturated rings. The molecular formula is C116H104Ir4N7Si-7. The van der Waals surface area contributed by atoms with Crippen LogP contribution in [0.1, 0.15) is 79.0 Å². The number of pyridine rings is 7. The van der Waals surface area contributed by atoms with Crippen LogP contribution in [0.15, 0.2) is 413 Å². The van der Waals surface area contributed by atoms with Crippen LogP contribution in [-0.4, -0.2) is 43.0 Å². The molecule has 12 heteroatoms. The molecule has 0 saturated carbocycles. The zero-order chi connectivity index (χ0) is 87.0. The summed E-state index contributed by atoms with van der Waals surface area (Å²) in [5.74, 6) is 0. The van der Waals surface area contributed by atoms with Crippen molar-refractivity contribution in [3.05, 3.63) is 473 Å². The fraction of sp³-hybridized carbons (Fsp3) is 0.129. The summed E-state index contributed by atoms with van der Waals surface area (Å²) in [7, 11) is -1.29. The quantitative estimate of drug-likeness (QED) is 0.0889. The molecule has 0 aliphatic carbocycles. The third-order valence-corrected chi connectivity index (χ3v) is 22.2. The van der Waals surface area contributed by atoms with E-state index in [4.69, 9.17) is 0 Å². The van der Waals surface area contributed by atoms with Crippen molar-refractivity contribution in [2.24, 2.45) is 0 Å². The standard InChI is InChI=1S/3C21H20N.C20H20NSi.3C11H8N.4Ir/c3*1-21(2,3)19-12-13-20(22-15-19)18-11-7-10-17(14-18)16-8-5-4-6-9-16;1-22(2,3)19-12-13-20(21-15-19)18-11-7-10-17(14-18)16-8-5-4-6-9-16;3*1-2-6-10(7-3-1)11-8-4-5-9-12-11;;;;/h4*4-10,12-15H,1-3H3;3*1-6,8-9H;;;;/q7*-1;;;;. The van der Waals surface area contributed by atoms with Gasteiger partial charge in [-0.1, -0.05) is 288 Å². The van der Waals surface area contributed by atoms with Crippen LogP contribution in [0.5, 0.6) is 0 Å². The molecule has 7 nitrogen and oxygen atoms in total. The molecule has 0 spiro atoms. The van der Waals surface area contributed by atoms with Crippen LogP contribution < -0.4 is 5.19 Å². The maximum atomic E-state index is 4.65. The van der Waals surface area contributed by atoms with Crippen molar-refractivity contribution in [3.8, 4) is 123 Å². The maximum Gasteiger partial charge on any atom is 0.0795 e. The first-order valence-corrected chi connectivity index (χ1v) is 45.4. The smallest absolute Gasteiger partial charge is 0.0795 e. The van der Waals surface area contributed by atoms with Crippen LogP contribution in [0.25, 0.3) is 123 Å². The molecule has 18 rings (SSSR count). The Labute approximate surface area is 815 Å². The second kappa shape index (κ2) is 50.7. The minimum atomic E-state index is -1.29. The Morgan fingerprint density at radius 2 is 0.422 bits per heavy atom. The van der Waals surface area contributed by atoms with Gasteiger partial charge in [0.15, 0.2) is 0 Å². The zero-order valence-electron chi connectivity index (χ0n) is 74.2. The molecule has 0 aliphatic heterocycles. The first kappa shape index (κ1) is 102. The molecule has 0 amide bonds. The summed E-state index contributed by atoms with van der Waals surface area (Å²) in [4.78, 5) is 31.2. The Morgan fingerprint density at radius 3 is 0.617 bits per heavy atom. The SMILES string of the molecule is CC(C)(C)c1ccc(-c2[c-]ccc(-c3ccccc3)c2)nc1.CC(C)(C)c1ccc(-c2[c-]ccc(-c3ccccc3)c2)nc1.CC(C)(C)c1ccc(-c2[c-]ccc(-c3ccccc3)c2)nc1.C[Si](C)(C)c1ccc(-c2[c-]ccc(-c3ccccc3)c2)nc1.[Ir].[Ir].[Ir].[Ir].[c-]1ccccc1-c1ccccn1.[c-]1ccccc1-c1ccccn1.[c-]1ccccc1-c1ccccn1. The molecule has 7 aromatic heterocycles. The van der Waals surface area contributed by atoms with E-state index >= 15 is 0 Å². The van der Waals surface area contributed by atoms with E-state index in [0.717, 1.165) is 78.8 Å². The zero-order valence-corrected chi connectivity index (χ0v) is 84.8. The predicted octanol–water partition coefficient (Wildman–Crippen LogP) is 28.9. The maximum absolute atomic E-state index is 4.65. The minimum Gasteiger partial charge on any atom is -0.305 e.